The first-order valence-corrected chi connectivity index (χ1v) is 7.58. The highest BCUT2D eigenvalue weighted by molar-refractivity contribution is 5.84. The van der Waals surface area contributed by atoms with Crippen LogP contribution < -0.4 is 11.1 Å². The maximum atomic E-state index is 11.9. The molecule has 18 heavy (non-hydrogen) atoms. The van der Waals surface area contributed by atoms with E-state index in [4.69, 9.17) is 5.73 Å². The lowest BCUT2D eigenvalue weighted by Crippen LogP contribution is -2.55. The van der Waals surface area contributed by atoms with Gasteiger partial charge in [0.2, 0.25) is 5.91 Å². The van der Waals surface area contributed by atoms with Crippen molar-refractivity contribution in [3.8, 4) is 0 Å². The van der Waals surface area contributed by atoms with E-state index < -0.39 is 5.54 Å². The van der Waals surface area contributed by atoms with Gasteiger partial charge >= 0.3 is 0 Å². The van der Waals surface area contributed by atoms with Crippen LogP contribution in [0.15, 0.2) is 0 Å². The van der Waals surface area contributed by atoms with Gasteiger partial charge in [-0.15, -0.1) is 0 Å². The molecule has 0 heterocycles. The summed E-state index contributed by atoms with van der Waals surface area (Å²) < 4.78 is 0. The summed E-state index contributed by atoms with van der Waals surface area (Å²) in [5, 5.41) is 3.52. The summed E-state index contributed by atoms with van der Waals surface area (Å²) in [6, 6.07) is 0. The Morgan fingerprint density at radius 2 is 2.00 bits per heavy atom. The van der Waals surface area contributed by atoms with Crippen LogP contribution in [0.25, 0.3) is 0 Å². The minimum Gasteiger partial charge on any atom is -0.368 e. The number of carbonyl (C=O) groups is 1. The number of rotatable bonds is 5. The van der Waals surface area contributed by atoms with Gasteiger partial charge < -0.3 is 11.1 Å². The summed E-state index contributed by atoms with van der Waals surface area (Å²) in [6.45, 7) is 5.56. The Labute approximate surface area is 111 Å². The van der Waals surface area contributed by atoms with Crippen molar-refractivity contribution in [2.75, 3.05) is 6.54 Å². The number of hydrogen-bond donors (Lipinski definition) is 2. The monoisotopic (exact) mass is 252 g/mol. The van der Waals surface area contributed by atoms with E-state index >= 15 is 0 Å². The highest BCUT2D eigenvalue weighted by Crippen LogP contribution is 2.35. The van der Waals surface area contributed by atoms with Crippen LogP contribution in [-0.4, -0.2) is 18.0 Å². The van der Waals surface area contributed by atoms with Crippen LogP contribution in [-0.2, 0) is 4.79 Å². The van der Waals surface area contributed by atoms with Crippen molar-refractivity contribution in [2.24, 2.45) is 23.5 Å². The van der Waals surface area contributed by atoms with E-state index in [2.05, 4.69) is 19.2 Å². The molecule has 2 saturated carbocycles. The average Bonchev–Trinajstić information content (AvgIpc) is 3.13. The molecule has 2 unspecified atom stereocenters. The van der Waals surface area contributed by atoms with Crippen molar-refractivity contribution in [1.29, 1.82) is 0 Å². The fourth-order valence-electron chi connectivity index (χ4n) is 3.21. The van der Waals surface area contributed by atoms with Gasteiger partial charge in [-0.05, 0) is 56.4 Å². The molecule has 0 aromatic carbocycles. The maximum absolute atomic E-state index is 11.9. The summed E-state index contributed by atoms with van der Waals surface area (Å²) in [4.78, 5) is 11.9. The van der Waals surface area contributed by atoms with Crippen molar-refractivity contribution in [1.82, 2.24) is 5.32 Å². The highest BCUT2D eigenvalue weighted by atomic mass is 16.1. The van der Waals surface area contributed by atoms with Crippen LogP contribution in [0.3, 0.4) is 0 Å². The van der Waals surface area contributed by atoms with Gasteiger partial charge in [-0.25, -0.2) is 0 Å². The first kappa shape index (κ1) is 13.9. The second-order valence-electron chi connectivity index (χ2n) is 6.71. The zero-order valence-corrected chi connectivity index (χ0v) is 11.9. The first-order valence-electron chi connectivity index (χ1n) is 7.58. The Balaban J connectivity index is 1.97. The topological polar surface area (TPSA) is 55.1 Å². The number of primary amides is 1. The lowest BCUT2D eigenvalue weighted by molar-refractivity contribution is -0.125. The normalized spacial score (nSPS) is 33.4. The molecule has 104 valence electrons. The van der Waals surface area contributed by atoms with Gasteiger partial charge in [-0.3, -0.25) is 4.79 Å². The molecular formula is C15H28N2O. The van der Waals surface area contributed by atoms with E-state index in [0.29, 0.717) is 0 Å². The Bertz CT molecular complexity index is 299. The highest BCUT2D eigenvalue weighted by Gasteiger charge is 2.39. The molecule has 3 N–H and O–H groups in total. The van der Waals surface area contributed by atoms with Crippen molar-refractivity contribution in [3.05, 3.63) is 0 Å². The molecule has 1 amide bonds. The largest absolute Gasteiger partial charge is 0.368 e. The second kappa shape index (κ2) is 5.60. The maximum Gasteiger partial charge on any atom is 0.237 e. The Kier molecular flexibility index (Phi) is 4.31. The summed E-state index contributed by atoms with van der Waals surface area (Å²) in [5.41, 5.74) is 5.29. The third kappa shape index (κ3) is 3.25. The van der Waals surface area contributed by atoms with Crippen LogP contribution in [0, 0.1) is 17.8 Å². The molecule has 2 fully saturated rings. The minimum absolute atomic E-state index is 0.132. The third-order valence-corrected chi connectivity index (χ3v) is 4.96. The second-order valence-corrected chi connectivity index (χ2v) is 6.71. The molecule has 0 saturated heterocycles. The van der Waals surface area contributed by atoms with Crippen LogP contribution in [0.1, 0.15) is 58.8 Å². The van der Waals surface area contributed by atoms with Gasteiger partial charge in [0, 0.05) is 0 Å². The summed E-state index contributed by atoms with van der Waals surface area (Å²) in [5.74, 6) is 2.14. The predicted octanol–water partition coefficient (Wildman–Crippen LogP) is 2.45. The van der Waals surface area contributed by atoms with Crippen molar-refractivity contribution >= 4 is 5.91 Å². The molecule has 0 aromatic heterocycles. The number of nitrogens with two attached hydrogens (primary N) is 1. The van der Waals surface area contributed by atoms with Crippen LogP contribution in [0.5, 0.6) is 0 Å². The van der Waals surface area contributed by atoms with E-state index in [-0.39, 0.29) is 5.91 Å². The third-order valence-electron chi connectivity index (χ3n) is 4.96. The fraction of sp³-hybridized carbons (Fsp3) is 0.933. The molecular weight excluding hydrogens is 224 g/mol. The van der Waals surface area contributed by atoms with Gasteiger partial charge in [-0.2, -0.15) is 0 Å². The van der Waals surface area contributed by atoms with Crippen molar-refractivity contribution < 1.29 is 4.79 Å². The molecule has 2 aliphatic carbocycles. The molecule has 3 nitrogen and oxygen atoms in total. The van der Waals surface area contributed by atoms with Gasteiger partial charge in [0.25, 0.3) is 0 Å². The number of carbonyl (C=O) groups excluding carboxylic acids is 1. The Morgan fingerprint density at radius 3 is 2.56 bits per heavy atom. The van der Waals surface area contributed by atoms with E-state index in [9.17, 15) is 4.79 Å². The zero-order valence-electron chi connectivity index (χ0n) is 11.9. The Morgan fingerprint density at radius 1 is 1.28 bits per heavy atom. The standard InChI is InChI=1S/C15H28N2O/c1-11(2)13-4-3-8-15(9-7-13,14(16)18)17-10-12-5-6-12/h11-13,17H,3-10H2,1-2H3,(H2,16,18). The predicted molar refractivity (Wildman–Crippen MR) is 74.1 cm³/mol. The SMILES string of the molecule is CC(C)C1CCCC(NCC2CC2)(C(N)=O)CC1. The van der Waals surface area contributed by atoms with E-state index in [0.717, 1.165) is 50.0 Å². The number of amides is 1. The first-order chi connectivity index (χ1) is 8.53. The Hall–Kier alpha value is -0.570. The molecule has 0 radical (unpaired) electrons. The van der Waals surface area contributed by atoms with E-state index in [1.807, 2.05) is 0 Å². The number of hydrogen-bond acceptors (Lipinski definition) is 2. The van der Waals surface area contributed by atoms with Crippen LogP contribution in [0.2, 0.25) is 0 Å². The molecule has 2 rings (SSSR count). The average molecular weight is 252 g/mol. The molecule has 3 heteroatoms. The van der Waals surface area contributed by atoms with E-state index in [1.54, 1.807) is 0 Å². The zero-order chi connectivity index (χ0) is 13.2. The molecule has 2 aliphatic rings. The van der Waals surface area contributed by atoms with Gasteiger partial charge in [0.15, 0.2) is 0 Å². The lowest BCUT2D eigenvalue weighted by Gasteiger charge is -2.31. The molecule has 2 atom stereocenters. The quantitative estimate of drug-likeness (QED) is 0.738. The molecule has 0 bridgehead atoms. The fourth-order valence-corrected chi connectivity index (χ4v) is 3.21. The van der Waals surface area contributed by atoms with E-state index in [1.165, 1.54) is 19.3 Å². The van der Waals surface area contributed by atoms with Gasteiger partial charge in [0.1, 0.15) is 0 Å². The minimum atomic E-state index is -0.410. The van der Waals surface area contributed by atoms with Gasteiger partial charge in [-0.1, -0.05) is 26.7 Å². The summed E-state index contributed by atoms with van der Waals surface area (Å²) >= 11 is 0. The van der Waals surface area contributed by atoms with Crippen molar-refractivity contribution in [2.45, 2.75) is 64.3 Å². The van der Waals surface area contributed by atoms with Crippen LogP contribution >= 0.6 is 0 Å². The smallest absolute Gasteiger partial charge is 0.237 e. The molecule has 0 aliphatic heterocycles. The van der Waals surface area contributed by atoms with Gasteiger partial charge in [0.05, 0.1) is 5.54 Å². The molecule has 0 spiro atoms. The number of nitrogens with one attached hydrogen (secondary N) is 1. The summed E-state index contributed by atoms with van der Waals surface area (Å²) in [6.07, 6.45) is 8.00. The summed E-state index contributed by atoms with van der Waals surface area (Å²) in [7, 11) is 0. The van der Waals surface area contributed by atoms with Crippen LogP contribution in [0.4, 0.5) is 0 Å². The lowest BCUT2D eigenvalue weighted by atomic mass is 9.86. The molecule has 0 aromatic rings. The van der Waals surface area contributed by atoms with Crippen molar-refractivity contribution in [3.63, 3.8) is 0 Å².